The van der Waals surface area contributed by atoms with E-state index in [2.05, 4.69) is 5.32 Å². The van der Waals surface area contributed by atoms with Crippen LogP contribution in [0.4, 0.5) is 0 Å². The zero-order valence-electron chi connectivity index (χ0n) is 8.33. The fourth-order valence-electron chi connectivity index (χ4n) is 1.30. The van der Waals surface area contributed by atoms with E-state index in [1.807, 2.05) is 20.8 Å². The van der Waals surface area contributed by atoms with Gasteiger partial charge in [0.25, 0.3) is 0 Å². The summed E-state index contributed by atoms with van der Waals surface area (Å²) < 4.78 is 5.13. The van der Waals surface area contributed by atoms with E-state index < -0.39 is 17.7 Å². The smallest absolute Gasteiger partial charge is 0.326 e. The monoisotopic (exact) mass is 187 g/mol. The molecule has 2 N–H and O–H groups in total. The molecule has 0 aromatic rings. The Morgan fingerprint density at radius 1 is 1.54 bits per heavy atom. The van der Waals surface area contributed by atoms with Gasteiger partial charge < -0.3 is 15.2 Å². The summed E-state index contributed by atoms with van der Waals surface area (Å²) in [5, 5.41) is 12.3. The molecule has 0 bridgehead atoms. The zero-order valence-corrected chi connectivity index (χ0v) is 8.33. The van der Waals surface area contributed by atoms with E-state index in [1.54, 1.807) is 0 Å². The predicted octanol–water partition coefficient (Wildman–Crippen LogP) is 0.0509. The first-order valence-electron chi connectivity index (χ1n) is 4.54. The number of esters is 1. The minimum Gasteiger partial charge on any atom is -0.459 e. The summed E-state index contributed by atoms with van der Waals surface area (Å²) >= 11 is 0. The van der Waals surface area contributed by atoms with Crippen molar-refractivity contribution in [3.63, 3.8) is 0 Å². The molecule has 0 aromatic carbocycles. The molecule has 1 rings (SSSR count). The van der Waals surface area contributed by atoms with Gasteiger partial charge in [0.2, 0.25) is 0 Å². The number of rotatable bonds is 1. The topological polar surface area (TPSA) is 58.6 Å². The van der Waals surface area contributed by atoms with Crippen LogP contribution >= 0.6 is 0 Å². The Hall–Kier alpha value is -0.610. The number of ether oxygens (including phenoxy) is 1. The molecule has 0 aromatic heterocycles. The quantitative estimate of drug-likeness (QED) is 0.569. The molecule has 76 valence electrons. The molecule has 0 saturated carbocycles. The van der Waals surface area contributed by atoms with Crippen molar-refractivity contribution in [1.29, 1.82) is 0 Å². The van der Waals surface area contributed by atoms with Crippen LogP contribution in [-0.2, 0) is 9.53 Å². The second-order valence-corrected chi connectivity index (χ2v) is 4.32. The highest BCUT2D eigenvalue weighted by Crippen LogP contribution is 2.13. The number of aliphatic hydroxyl groups is 1. The Bertz CT molecular complexity index is 198. The third kappa shape index (κ3) is 2.97. The first-order chi connectivity index (χ1) is 5.90. The average Bonchev–Trinajstić information content (AvgIpc) is 2.30. The average molecular weight is 187 g/mol. The molecular weight excluding hydrogens is 170 g/mol. The van der Waals surface area contributed by atoms with Crippen LogP contribution in [0.5, 0.6) is 0 Å². The normalized spacial score (nSPS) is 28.9. The number of carbonyl (C=O) groups excluding carboxylic acids is 1. The fourth-order valence-corrected chi connectivity index (χ4v) is 1.30. The summed E-state index contributed by atoms with van der Waals surface area (Å²) in [6.45, 7) is 6.11. The lowest BCUT2D eigenvalue weighted by atomic mass is 10.1. The minimum absolute atomic E-state index is 0.363. The second kappa shape index (κ2) is 3.64. The third-order valence-corrected chi connectivity index (χ3v) is 1.85. The van der Waals surface area contributed by atoms with Gasteiger partial charge in [0, 0.05) is 0 Å². The van der Waals surface area contributed by atoms with Crippen LogP contribution in [0.15, 0.2) is 0 Å². The maximum atomic E-state index is 11.4. The Labute approximate surface area is 78.3 Å². The third-order valence-electron chi connectivity index (χ3n) is 1.85. The van der Waals surface area contributed by atoms with Gasteiger partial charge in [0.05, 0.1) is 6.10 Å². The first kappa shape index (κ1) is 10.5. The number of carbonyl (C=O) groups is 1. The van der Waals surface area contributed by atoms with E-state index in [4.69, 9.17) is 4.74 Å². The molecule has 0 radical (unpaired) electrons. The summed E-state index contributed by atoms with van der Waals surface area (Å²) in [6.07, 6.45) is 0.0130. The lowest BCUT2D eigenvalue weighted by molar-refractivity contribution is -0.159. The Kier molecular flexibility index (Phi) is 2.93. The minimum atomic E-state index is -0.602. The summed E-state index contributed by atoms with van der Waals surface area (Å²) in [5.74, 6) is -0.363. The summed E-state index contributed by atoms with van der Waals surface area (Å²) in [4.78, 5) is 11.4. The molecule has 1 aliphatic heterocycles. The molecule has 13 heavy (non-hydrogen) atoms. The lowest BCUT2D eigenvalue weighted by Crippen LogP contribution is -2.42. The summed E-state index contributed by atoms with van der Waals surface area (Å²) in [6, 6.07) is -0.542. The maximum Gasteiger partial charge on any atom is 0.326 e. The highest BCUT2D eigenvalue weighted by atomic mass is 16.6. The molecular formula is C9H17NO3. The molecule has 0 aliphatic carbocycles. The molecule has 1 unspecified atom stereocenters. The van der Waals surface area contributed by atoms with Crippen molar-refractivity contribution in [3.05, 3.63) is 0 Å². The van der Waals surface area contributed by atoms with Gasteiger partial charge in [-0.25, -0.2) is 0 Å². The molecule has 1 aliphatic rings. The molecule has 0 amide bonds. The Morgan fingerprint density at radius 2 is 2.15 bits per heavy atom. The summed E-state index contributed by atoms with van der Waals surface area (Å²) in [5.41, 5.74) is -0.485. The molecule has 0 spiro atoms. The number of hydrogen-bond donors (Lipinski definition) is 2. The largest absolute Gasteiger partial charge is 0.459 e. The van der Waals surface area contributed by atoms with Crippen LogP contribution in [0.3, 0.4) is 0 Å². The van der Waals surface area contributed by atoms with Crippen LogP contribution in [0, 0.1) is 0 Å². The van der Waals surface area contributed by atoms with Gasteiger partial charge in [0.15, 0.2) is 0 Å². The fraction of sp³-hybridized carbons (Fsp3) is 0.889. The van der Waals surface area contributed by atoms with Crippen molar-refractivity contribution >= 4 is 5.97 Å². The van der Waals surface area contributed by atoms with Gasteiger partial charge in [-0.2, -0.15) is 0 Å². The van der Waals surface area contributed by atoms with Gasteiger partial charge >= 0.3 is 5.97 Å². The molecule has 1 heterocycles. The van der Waals surface area contributed by atoms with Gasteiger partial charge in [-0.05, 0) is 33.7 Å². The van der Waals surface area contributed by atoms with E-state index in [-0.39, 0.29) is 5.97 Å². The van der Waals surface area contributed by atoms with Crippen molar-refractivity contribution in [3.8, 4) is 0 Å². The van der Waals surface area contributed by atoms with E-state index in [9.17, 15) is 9.90 Å². The highest BCUT2D eigenvalue weighted by molar-refractivity contribution is 5.77. The van der Waals surface area contributed by atoms with Crippen molar-refractivity contribution in [2.24, 2.45) is 0 Å². The van der Waals surface area contributed by atoms with Crippen LogP contribution in [0.25, 0.3) is 0 Å². The van der Waals surface area contributed by atoms with Crippen LogP contribution in [0.1, 0.15) is 27.2 Å². The van der Waals surface area contributed by atoms with Gasteiger partial charge in [-0.15, -0.1) is 0 Å². The Morgan fingerprint density at radius 3 is 2.54 bits per heavy atom. The molecule has 1 saturated heterocycles. The van der Waals surface area contributed by atoms with Gasteiger partial charge in [-0.1, -0.05) is 0 Å². The molecule has 2 atom stereocenters. The van der Waals surface area contributed by atoms with E-state index in [0.29, 0.717) is 13.0 Å². The molecule has 1 fully saturated rings. The molecule has 4 heteroatoms. The van der Waals surface area contributed by atoms with E-state index in [1.165, 1.54) is 0 Å². The van der Waals surface area contributed by atoms with Crippen LogP contribution in [-0.4, -0.2) is 35.4 Å². The van der Waals surface area contributed by atoms with E-state index in [0.717, 1.165) is 0 Å². The van der Waals surface area contributed by atoms with Crippen molar-refractivity contribution < 1.29 is 14.6 Å². The van der Waals surface area contributed by atoms with Gasteiger partial charge in [-0.3, -0.25) is 4.79 Å². The summed E-state index contributed by atoms with van der Waals surface area (Å²) in [7, 11) is 0. The van der Waals surface area contributed by atoms with Crippen LogP contribution < -0.4 is 5.32 Å². The van der Waals surface area contributed by atoms with E-state index >= 15 is 0 Å². The van der Waals surface area contributed by atoms with Crippen molar-refractivity contribution in [2.45, 2.75) is 44.9 Å². The van der Waals surface area contributed by atoms with Crippen LogP contribution in [0.2, 0.25) is 0 Å². The predicted molar refractivity (Wildman–Crippen MR) is 48.3 cm³/mol. The lowest BCUT2D eigenvalue weighted by Gasteiger charge is -2.23. The maximum absolute atomic E-state index is 11.4. The van der Waals surface area contributed by atoms with Gasteiger partial charge in [0.1, 0.15) is 11.6 Å². The Balaban J connectivity index is 2.48. The van der Waals surface area contributed by atoms with Crippen molar-refractivity contribution in [1.82, 2.24) is 5.32 Å². The molecule has 4 nitrogen and oxygen atoms in total. The zero-order chi connectivity index (χ0) is 10.1. The second-order valence-electron chi connectivity index (χ2n) is 4.32. The number of nitrogens with one attached hydrogen (secondary N) is 1. The SMILES string of the molecule is CC(C)(C)OC(=O)[C@H]1NCCC1O. The van der Waals surface area contributed by atoms with Crippen molar-refractivity contribution in [2.75, 3.05) is 6.54 Å². The number of hydrogen-bond acceptors (Lipinski definition) is 4. The highest BCUT2D eigenvalue weighted by Gasteiger charge is 2.34. The first-order valence-corrected chi connectivity index (χ1v) is 4.54. The number of aliphatic hydroxyl groups excluding tert-OH is 1. The standard InChI is InChI=1S/C9H17NO3/c1-9(2,3)13-8(12)7-6(11)4-5-10-7/h6-7,10-11H,4-5H2,1-3H3/t6?,7-/m0/s1.